The number of carboxylic acids is 1. The van der Waals surface area contributed by atoms with Crippen molar-refractivity contribution in [2.75, 3.05) is 6.54 Å². The third kappa shape index (κ3) is 2.54. The lowest BCUT2D eigenvalue weighted by atomic mass is 9.77. The van der Waals surface area contributed by atoms with Gasteiger partial charge in [-0.15, -0.1) is 13.2 Å². The number of nitrogens with zero attached hydrogens (tertiary/aromatic N) is 1. The molecule has 1 saturated heterocycles. The Hall–Kier alpha value is -2.44. The number of rotatable bonds is 6. The van der Waals surface area contributed by atoms with Gasteiger partial charge in [0.25, 0.3) is 0 Å². The Kier molecular flexibility index (Phi) is 4.21. The summed E-state index contributed by atoms with van der Waals surface area (Å²) in [4.78, 5) is 46.9. The van der Waals surface area contributed by atoms with E-state index in [1.807, 2.05) is 5.32 Å². The van der Waals surface area contributed by atoms with Crippen molar-refractivity contribution in [2.45, 2.75) is 12.8 Å². The van der Waals surface area contributed by atoms with E-state index >= 15 is 0 Å². The summed E-state index contributed by atoms with van der Waals surface area (Å²) in [7, 11) is 0. The van der Waals surface area contributed by atoms with E-state index in [4.69, 9.17) is 5.11 Å². The molecule has 0 bridgehead atoms. The summed E-state index contributed by atoms with van der Waals surface area (Å²) in [5.74, 6) is -2.95. The fraction of sp³-hybridized carbons (Fsp3) is 0.333. The number of carbonyl (C=O) groups is 4. The minimum absolute atomic E-state index is 0.00686. The number of amides is 4. The van der Waals surface area contributed by atoms with E-state index in [0.29, 0.717) is 4.90 Å². The lowest BCUT2D eigenvalue weighted by Gasteiger charge is -2.37. The molecule has 0 aliphatic carbocycles. The maximum atomic E-state index is 12.3. The van der Waals surface area contributed by atoms with Gasteiger partial charge >= 0.3 is 12.0 Å². The SMILES string of the molecule is C=CCC1(CC=C)C(=O)NC(=O)N(CC(=O)O)C1=O. The van der Waals surface area contributed by atoms with Gasteiger partial charge in [0.05, 0.1) is 0 Å². The van der Waals surface area contributed by atoms with Crippen molar-refractivity contribution in [1.82, 2.24) is 10.2 Å². The number of allylic oxidation sites excluding steroid dienone is 2. The zero-order chi connectivity index (χ0) is 14.6. The molecule has 1 aliphatic rings. The van der Waals surface area contributed by atoms with E-state index < -0.39 is 35.8 Å². The smallest absolute Gasteiger partial charge is 0.331 e. The van der Waals surface area contributed by atoms with Crippen LogP contribution in [-0.4, -0.2) is 40.4 Å². The highest BCUT2D eigenvalue weighted by molar-refractivity contribution is 6.20. The highest BCUT2D eigenvalue weighted by Gasteiger charge is 2.52. The Morgan fingerprint density at radius 3 is 2.21 bits per heavy atom. The summed E-state index contributed by atoms with van der Waals surface area (Å²) in [5.41, 5.74) is -1.55. The number of barbiturate groups is 1. The highest BCUT2D eigenvalue weighted by Crippen LogP contribution is 2.33. The molecule has 1 heterocycles. The number of carbonyl (C=O) groups excluding carboxylic acids is 3. The van der Waals surface area contributed by atoms with Crippen LogP contribution in [0.2, 0.25) is 0 Å². The Balaban J connectivity index is 3.21. The van der Waals surface area contributed by atoms with Crippen LogP contribution in [0, 0.1) is 5.41 Å². The number of imide groups is 2. The number of carboxylic acid groups (broad SMARTS) is 1. The molecule has 102 valence electrons. The summed E-state index contributed by atoms with van der Waals surface area (Å²) in [5, 5.41) is 10.7. The molecule has 0 unspecified atom stereocenters. The van der Waals surface area contributed by atoms with Gasteiger partial charge in [0.2, 0.25) is 11.8 Å². The molecule has 1 rings (SSSR count). The molecule has 0 spiro atoms. The Labute approximate surface area is 109 Å². The van der Waals surface area contributed by atoms with E-state index in [0.717, 1.165) is 0 Å². The van der Waals surface area contributed by atoms with Crippen LogP contribution < -0.4 is 5.32 Å². The molecule has 0 aromatic carbocycles. The van der Waals surface area contributed by atoms with Crippen molar-refractivity contribution in [1.29, 1.82) is 0 Å². The van der Waals surface area contributed by atoms with Crippen LogP contribution in [0.1, 0.15) is 12.8 Å². The van der Waals surface area contributed by atoms with E-state index in [9.17, 15) is 19.2 Å². The summed E-state index contributed by atoms with van der Waals surface area (Å²) < 4.78 is 0. The molecule has 0 saturated carbocycles. The first-order chi connectivity index (χ1) is 8.89. The summed E-state index contributed by atoms with van der Waals surface area (Å²) in [6.07, 6.45) is 2.73. The van der Waals surface area contributed by atoms with Gasteiger partial charge < -0.3 is 5.11 Å². The van der Waals surface area contributed by atoms with Gasteiger partial charge in [-0.25, -0.2) is 4.79 Å². The summed E-state index contributed by atoms with van der Waals surface area (Å²) in [6, 6.07) is -1.03. The molecule has 0 radical (unpaired) electrons. The maximum absolute atomic E-state index is 12.3. The predicted octanol–water partition coefficient (Wildman–Crippen LogP) is 0.288. The average Bonchev–Trinajstić information content (AvgIpc) is 2.32. The van der Waals surface area contributed by atoms with E-state index in [1.165, 1.54) is 12.2 Å². The van der Waals surface area contributed by atoms with Crippen LogP contribution in [0.5, 0.6) is 0 Å². The van der Waals surface area contributed by atoms with Crippen LogP contribution in [0.4, 0.5) is 4.79 Å². The Morgan fingerprint density at radius 1 is 1.26 bits per heavy atom. The number of urea groups is 1. The van der Waals surface area contributed by atoms with Gasteiger partial charge in [-0.05, 0) is 12.8 Å². The van der Waals surface area contributed by atoms with E-state index in [-0.39, 0.29) is 12.8 Å². The average molecular weight is 266 g/mol. The van der Waals surface area contributed by atoms with Crippen molar-refractivity contribution in [2.24, 2.45) is 5.41 Å². The second kappa shape index (κ2) is 5.47. The molecule has 1 aliphatic heterocycles. The predicted molar refractivity (Wildman–Crippen MR) is 64.9 cm³/mol. The minimum Gasteiger partial charge on any atom is -0.480 e. The Morgan fingerprint density at radius 2 is 1.79 bits per heavy atom. The van der Waals surface area contributed by atoms with Gasteiger partial charge in [-0.1, -0.05) is 12.2 Å². The first-order valence-electron chi connectivity index (χ1n) is 5.50. The highest BCUT2D eigenvalue weighted by atomic mass is 16.4. The molecule has 7 nitrogen and oxygen atoms in total. The summed E-state index contributed by atoms with van der Waals surface area (Å²) in [6.45, 7) is 6.14. The molecular formula is C12H14N2O5. The molecule has 2 N–H and O–H groups in total. The van der Waals surface area contributed by atoms with Gasteiger partial charge in [0.15, 0.2) is 0 Å². The van der Waals surface area contributed by atoms with Crippen molar-refractivity contribution < 1.29 is 24.3 Å². The standard InChI is InChI=1S/C12H14N2O5/c1-3-5-12(6-4-2)9(17)13-11(19)14(10(12)18)7-8(15)16/h3-4H,1-2,5-7H2,(H,15,16)(H,13,17,19). The fourth-order valence-corrected chi connectivity index (χ4v) is 1.95. The number of hydrogen-bond donors (Lipinski definition) is 2. The third-order valence-electron chi connectivity index (χ3n) is 2.83. The summed E-state index contributed by atoms with van der Waals surface area (Å²) >= 11 is 0. The molecule has 0 aromatic heterocycles. The molecule has 7 heteroatoms. The van der Waals surface area contributed by atoms with Crippen LogP contribution >= 0.6 is 0 Å². The largest absolute Gasteiger partial charge is 0.480 e. The normalized spacial score (nSPS) is 17.9. The zero-order valence-electron chi connectivity index (χ0n) is 10.2. The molecule has 0 atom stereocenters. The molecule has 19 heavy (non-hydrogen) atoms. The Bertz CT molecular complexity index is 459. The van der Waals surface area contributed by atoms with Crippen LogP contribution in [-0.2, 0) is 14.4 Å². The van der Waals surface area contributed by atoms with Gasteiger partial charge in [0.1, 0.15) is 12.0 Å². The quantitative estimate of drug-likeness (QED) is 0.531. The van der Waals surface area contributed by atoms with Crippen molar-refractivity contribution in [3.05, 3.63) is 25.3 Å². The van der Waals surface area contributed by atoms with E-state index in [1.54, 1.807) is 0 Å². The lowest BCUT2D eigenvalue weighted by Crippen LogP contribution is -2.64. The van der Waals surface area contributed by atoms with Crippen molar-refractivity contribution in [3.8, 4) is 0 Å². The van der Waals surface area contributed by atoms with Crippen LogP contribution in [0.3, 0.4) is 0 Å². The first kappa shape index (κ1) is 14.6. The minimum atomic E-state index is -1.55. The van der Waals surface area contributed by atoms with Crippen molar-refractivity contribution >= 4 is 23.8 Å². The molecule has 4 amide bonds. The van der Waals surface area contributed by atoms with Gasteiger partial charge in [-0.2, -0.15) is 0 Å². The topological polar surface area (TPSA) is 104 Å². The zero-order valence-corrected chi connectivity index (χ0v) is 10.2. The van der Waals surface area contributed by atoms with Gasteiger partial charge in [0, 0.05) is 0 Å². The molecule has 1 fully saturated rings. The molecule has 0 aromatic rings. The maximum Gasteiger partial charge on any atom is 0.331 e. The van der Waals surface area contributed by atoms with Crippen LogP contribution in [0.25, 0.3) is 0 Å². The lowest BCUT2D eigenvalue weighted by molar-refractivity contribution is -0.155. The van der Waals surface area contributed by atoms with E-state index in [2.05, 4.69) is 13.2 Å². The second-order valence-corrected chi connectivity index (χ2v) is 4.11. The third-order valence-corrected chi connectivity index (χ3v) is 2.83. The van der Waals surface area contributed by atoms with Crippen LogP contribution in [0.15, 0.2) is 25.3 Å². The van der Waals surface area contributed by atoms with Crippen molar-refractivity contribution in [3.63, 3.8) is 0 Å². The fourth-order valence-electron chi connectivity index (χ4n) is 1.95. The second-order valence-electron chi connectivity index (χ2n) is 4.11. The van der Waals surface area contributed by atoms with Gasteiger partial charge in [-0.3, -0.25) is 24.6 Å². The molecular weight excluding hydrogens is 252 g/mol. The number of nitrogens with one attached hydrogen (secondary N) is 1. The first-order valence-corrected chi connectivity index (χ1v) is 5.50. The number of aliphatic carboxylic acids is 1. The number of hydrogen-bond acceptors (Lipinski definition) is 4. The monoisotopic (exact) mass is 266 g/mol.